The van der Waals surface area contributed by atoms with Crippen molar-refractivity contribution in [1.82, 2.24) is 0 Å². The van der Waals surface area contributed by atoms with Gasteiger partial charge in [-0.05, 0) is 36.1 Å². The van der Waals surface area contributed by atoms with E-state index >= 15 is 0 Å². The molecule has 0 radical (unpaired) electrons. The molecule has 0 heterocycles. The third-order valence-electron chi connectivity index (χ3n) is 2.69. The summed E-state index contributed by atoms with van der Waals surface area (Å²) < 4.78 is 5.03. The molecule has 4 nitrogen and oxygen atoms in total. The van der Waals surface area contributed by atoms with Gasteiger partial charge in [0, 0.05) is 0 Å². The molecule has 0 amide bonds. The zero-order chi connectivity index (χ0) is 12.9. The lowest BCUT2D eigenvalue weighted by atomic mass is 9.88. The monoisotopic (exact) mass is 255 g/mol. The van der Waals surface area contributed by atoms with Crippen LogP contribution in [0.25, 0.3) is 0 Å². The van der Waals surface area contributed by atoms with Crippen LogP contribution in [0.3, 0.4) is 0 Å². The molecule has 0 aliphatic rings. The van der Waals surface area contributed by atoms with Gasteiger partial charge in [0.2, 0.25) is 0 Å². The maximum Gasteiger partial charge on any atom is 0.328 e. The molecule has 1 rings (SSSR count). The Bertz CT molecular complexity index is 380. The Labute approximate surface area is 105 Å². The summed E-state index contributed by atoms with van der Waals surface area (Å²) in [6, 6.07) is 6.85. The SMILES string of the molecule is COc1ccc(C(N)(CCSC)C(=O)O)cc1. The summed E-state index contributed by atoms with van der Waals surface area (Å²) in [5.74, 6) is 0.387. The Balaban J connectivity index is 3.00. The van der Waals surface area contributed by atoms with Gasteiger partial charge in [-0.3, -0.25) is 0 Å². The highest BCUT2D eigenvalue weighted by atomic mass is 32.2. The van der Waals surface area contributed by atoms with Crippen molar-refractivity contribution in [2.75, 3.05) is 19.1 Å². The summed E-state index contributed by atoms with van der Waals surface area (Å²) in [6.07, 6.45) is 2.33. The molecule has 0 aliphatic carbocycles. The number of thioether (sulfide) groups is 1. The number of benzene rings is 1. The second-order valence-electron chi connectivity index (χ2n) is 3.75. The summed E-state index contributed by atoms with van der Waals surface area (Å²) in [6.45, 7) is 0. The highest BCUT2D eigenvalue weighted by Crippen LogP contribution is 2.26. The smallest absolute Gasteiger partial charge is 0.328 e. The molecule has 94 valence electrons. The van der Waals surface area contributed by atoms with Crippen molar-refractivity contribution in [1.29, 1.82) is 0 Å². The van der Waals surface area contributed by atoms with Crippen LogP contribution in [0, 0.1) is 0 Å². The second-order valence-corrected chi connectivity index (χ2v) is 4.73. The molecule has 0 saturated heterocycles. The second kappa shape index (κ2) is 5.93. The van der Waals surface area contributed by atoms with E-state index in [9.17, 15) is 9.90 Å². The Morgan fingerprint density at radius 2 is 2.06 bits per heavy atom. The molecule has 1 aromatic carbocycles. The maximum absolute atomic E-state index is 11.3. The van der Waals surface area contributed by atoms with E-state index in [0.717, 1.165) is 0 Å². The van der Waals surface area contributed by atoms with E-state index in [1.54, 1.807) is 43.1 Å². The first-order chi connectivity index (χ1) is 8.04. The first kappa shape index (κ1) is 13.9. The van der Waals surface area contributed by atoms with E-state index in [4.69, 9.17) is 10.5 Å². The van der Waals surface area contributed by atoms with Gasteiger partial charge >= 0.3 is 5.97 Å². The zero-order valence-corrected chi connectivity index (χ0v) is 10.8. The predicted octanol–water partition coefficient (Wildman–Crippen LogP) is 1.69. The van der Waals surface area contributed by atoms with Crippen molar-refractivity contribution in [3.63, 3.8) is 0 Å². The van der Waals surface area contributed by atoms with Gasteiger partial charge in [0.05, 0.1) is 7.11 Å². The molecule has 0 saturated carbocycles. The molecular formula is C12H17NO3S. The van der Waals surface area contributed by atoms with Gasteiger partial charge in [0.1, 0.15) is 11.3 Å². The van der Waals surface area contributed by atoms with E-state index in [1.807, 2.05) is 6.26 Å². The van der Waals surface area contributed by atoms with E-state index in [1.165, 1.54) is 0 Å². The van der Waals surface area contributed by atoms with Gasteiger partial charge in [0.15, 0.2) is 0 Å². The van der Waals surface area contributed by atoms with Gasteiger partial charge in [-0.15, -0.1) is 0 Å². The molecule has 5 heteroatoms. The summed E-state index contributed by atoms with van der Waals surface area (Å²) in [4.78, 5) is 11.3. The lowest BCUT2D eigenvalue weighted by Crippen LogP contribution is -2.45. The van der Waals surface area contributed by atoms with Crippen molar-refractivity contribution in [3.8, 4) is 5.75 Å². The third-order valence-corrected chi connectivity index (χ3v) is 3.30. The molecule has 0 fully saturated rings. The summed E-state index contributed by atoms with van der Waals surface area (Å²) >= 11 is 1.58. The minimum atomic E-state index is -1.32. The van der Waals surface area contributed by atoms with Crippen LogP contribution in [0.4, 0.5) is 0 Å². The van der Waals surface area contributed by atoms with Crippen LogP contribution in [0.5, 0.6) is 5.75 Å². The van der Waals surface area contributed by atoms with E-state index in [2.05, 4.69) is 0 Å². The maximum atomic E-state index is 11.3. The van der Waals surface area contributed by atoms with E-state index < -0.39 is 11.5 Å². The number of methoxy groups -OCH3 is 1. The fourth-order valence-electron chi connectivity index (χ4n) is 1.53. The summed E-state index contributed by atoms with van der Waals surface area (Å²) in [5.41, 5.74) is 5.26. The number of hydrogen-bond acceptors (Lipinski definition) is 4. The normalized spacial score (nSPS) is 14.1. The number of ether oxygens (including phenoxy) is 1. The molecule has 1 unspecified atom stereocenters. The van der Waals surface area contributed by atoms with Gasteiger partial charge < -0.3 is 15.6 Å². The Hall–Kier alpha value is -1.20. The minimum Gasteiger partial charge on any atom is -0.497 e. The number of carboxylic acid groups (broad SMARTS) is 1. The number of nitrogens with two attached hydrogens (primary N) is 1. The zero-order valence-electron chi connectivity index (χ0n) is 9.97. The standard InChI is InChI=1S/C12H17NO3S/c1-16-10-5-3-9(4-6-10)12(13,11(14)15)7-8-17-2/h3-6H,7-8,13H2,1-2H3,(H,14,15). The molecule has 3 N–H and O–H groups in total. The Kier molecular flexibility index (Phi) is 4.84. The lowest BCUT2D eigenvalue weighted by Gasteiger charge is -2.25. The van der Waals surface area contributed by atoms with E-state index in [-0.39, 0.29) is 0 Å². The van der Waals surface area contributed by atoms with Gasteiger partial charge in [-0.1, -0.05) is 12.1 Å². The van der Waals surface area contributed by atoms with Crippen molar-refractivity contribution >= 4 is 17.7 Å². The first-order valence-corrected chi connectivity index (χ1v) is 6.59. The third kappa shape index (κ3) is 3.14. The van der Waals surface area contributed by atoms with Crippen LogP contribution in [0.15, 0.2) is 24.3 Å². The number of rotatable bonds is 6. The molecule has 1 aromatic rings. The Morgan fingerprint density at radius 1 is 1.47 bits per heavy atom. The molecular weight excluding hydrogens is 238 g/mol. The van der Waals surface area contributed by atoms with Crippen molar-refractivity contribution < 1.29 is 14.6 Å². The van der Waals surface area contributed by atoms with Gasteiger partial charge in [-0.25, -0.2) is 4.79 Å². The molecule has 1 atom stereocenters. The highest BCUT2D eigenvalue weighted by molar-refractivity contribution is 7.98. The fourth-order valence-corrected chi connectivity index (χ4v) is 2.05. The number of carboxylic acids is 1. The Morgan fingerprint density at radius 3 is 2.47 bits per heavy atom. The van der Waals surface area contributed by atoms with Crippen LogP contribution < -0.4 is 10.5 Å². The largest absolute Gasteiger partial charge is 0.497 e. The first-order valence-electron chi connectivity index (χ1n) is 5.20. The van der Waals surface area contributed by atoms with E-state index in [0.29, 0.717) is 23.5 Å². The number of hydrogen-bond donors (Lipinski definition) is 2. The summed E-state index contributed by atoms with van der Waals surface area (Å²) in [7, 11) is 1.57. The number of carbonyl (C=O) groups is 1. The van der Waals surface area contributed by atoms with Crippen LogP contribution in [-0.2, 0) is 10.3 Å². The minimum absolute atomic E-state index is 0.399. The van der Waals surface area contributed by atoms with Crippen molar-refractivity contribution in [2.24, 2.45) is 5.73 Å². The van der Waals surface area contributed by atoms with Crippen LogP contribution in [-0.4, -0.2) is 30.2 Å². The molecule has 0 bridgehead atoms. The summed E-state index contributed by atoms with van der Waals surface area (Å²) in [5, 5.41) is 9.27. The number of aliphatic carboxylic acids is 1. The van der Waals surface area contributed by atoms with Gasteiger partial charge in [0.25, 0.3) is 0 Å². The van der Waals surface area contributed by atoms with Crippen LogP contribution in [0.2, 0.25) is 0 Å². The average Bonchev–Trinajstić information content (AvgIpc) is 2.35. The molecule has 0 aliphatic heterocycles. The lowest BCUT2D eigenvalue weighted by molar-refractivity contribution is -0.143. The molecule has 17 heavy (non-hydrogen) atoms. The fraction of sp³-hybridized carbons (Fsp3) is 0.417. The van der Waals surface area contributed by atoms with Crippen molar-refractivity contribution in [2.45, 2.75) is 12.0 Å². The molecule has 0 aromatic heterocycles. The topological polar surface area (TPSA) is 72.5 Å². The van der Waals surface area contributed by atoms with Crippen LogP contribution >= 0.6 is 11.8 Å². The molecule has 0 spiro atoms. The highest BCUT2D eigenvalue weighted by Gasteiger charge is 2.35. The van der Waals surface area contributed by atoms with Crippen LogP contribution in [0.1, 0.15) is 12.0 Å². The van der Waals surface area contributed by atoms with Crippen molar-refractivity contribution in [3.05, 3.63) is 29.8 Å². The van der Waals surface area contributed by atoms with Gasteiger partial charge in [-0.2, -0.15) is 11.8 Å². The average molecular weight is 255 g/mol. The predicted molar refractivity (Wildman–Crippen MR) is 69.5 cm³/mol. The quantitative estimate of drug-likeness (QED) is 0.809.